The molecule has 0 amide bonds. The van der Waals surface area contributed by atoms with Crippen LogP contribution in [0.4, 0.5) is 13.2 Å². The van der Waals surface area contributed by atoms with Crippen LogP contribution >= 0.6 is 0 Å². The van der Waals surface area contributed by atoms with Crippen molar-refractivity contribution >= 4 is 0 Å². The van der Waals surface area contributed by atoms with Gasteiger partial charge in [-0.25, -0.2) is 4.39 Å². The lowest BCUT2D eigenvalue weighted by Crippen LogP contribution is -2.19. The number of halogens is 3. The molecule has 0 radical (unpaired) electrons. The Balaban J connectivity index is 2.75. The largest absolute Gasteiger partial charge is 0.492 e. The Kier molecular flexibility index (Phi) is 4.00. The van der Waals surface area contributed by atoms with E-state index < -0.39 is 17.7 Å². The van der Waals surface area contributed by atoms with Crippen LogP contribution in [0.5, 0.6) is 11.5 Å². The van der Waals surface area contributed by atoms with E-state index in [-0.39, 0.29) is 18.9 Å². The van der Waals surface area contributed by atoms with Gasteiger partial charge in [0.15, 0.2) is 11.6 Å². The van der Waals surface area contributed by atoms with Gasteiger partial charge in [-0.15, -0.1) is 0 Å². The second kappa shape index (κ2) is 5.07. The summed E-state index contributed by atoms with van der Waals surface area (Å²) in [4.78, 5) is 0. The van der Waals surface area contributed by atoms with Crippen molar-refractivity contribution in [2.24, 2.45) is 5.73 Å². The molecule has 0 saturated carbocycles. The van der Waals surface area contributed by atoms with Crippen LogP contribution in [0.2, 0.25) is 0 Å². The van der Waals surface area contributed by atoms with E-state index in [2.05, 4.69) is 4.74 Å². The fraction of sp³-hybridized carbons (Fsp3) is 0.400. The van der Waals surface area contributed by atoms with Crippen LogP contribution in [0.15, 0.2) is 18.2 Å². The Morgan fingerprint density at radius 3 is 2.56 bits per heavy atom. The van der Waals surface area contributed by atoms with Gasteiger partial charge in [-0.05, 0) is 12.1 Å². The SMILES string of the molecule is CC(F)(F)Oc1ccc(OCCN)cc1F. The van der Waals surface area contributed by atoms with Crippen LogP contribution in [0.1, 0.15) is 6.92 Å². The average Bonchev–Trinajstić information content (AvgIpc) is 2.17. The molecular weight excluding hydrogens is 223 g/mol. The Morgan fingerprint density at radius 2 is 2.06 bits per heavy atom. The van der Waals surface area contributed by atoms with Gasteiger partial charge in [-0.1, -0.05) is 0 Å². The van der Waals surface area contributed by atoms with E-state index in [9.17, 15) is 13.2 Å². The maximum absolute atomic E-state index is 13.2. The summed E-state index contributed by atoms with van der Waals surface area (Å²) < 4.78 is 47.3. The summed E-state index contributed by atoms with van der Waals surface area (Å²) in [7, 11) is 0. The van der Waals surface area contributed by atoms with Gasteiger partial charge in [0.25, 0.3) is 0 Å². The third-order valence-corrected chi connectivity index (χ3v) is 1.58. The topological polar surface area (TPSA) is 44.5 Å². The lowest BCUT2D eigenvalue weighted by molar-refractivity contribution is -0.160. The van der Waals surface area contributed by atoms with Gasteiger partial charge in [-0.3, -0.25) is 0 Å². The zero-order valence-corrected chi connectivity index (χ0v) is 8.67. The summed E-state index contributed by atoms with van der Waals surface area (Å²) in [5.74, 6) is -1.21. The van der Waals surface area contributed by atoms with Gasteiger partial charge < -0.3 is 15.2 Å². The number of benzene rings is 1. The molecule has 1 aromatic carbocycles. The molecule has 0 saturated heterocycles. The van der Waals surface area contributed by atoms with Gasteiger partial charge in [-0.2, -0.15) is 8.78 Å². The van der Waals surface area contributed by atoms with Crippen LogP contribution in [0.25, 0.3) is 0 Å². The van der Waals surface area contributed by atoms with E-state index in [0.29, 0.717) is 6.92 Å². The fourth-order valence-corrected chi connectivity index (χ4v) is 1.02. The number of alkyl halides is 2. The normalized spacial score (nSPS) is 11.3. The summed E-state index contributed by atoms with van der Waals surface area (Å²) in [6.07, 6.45) is -3.42. The zero-order valence-electron chi connectivity index (χ0n) is 8.67. The summed E-state index contributed by atoms with van der Waals surface area (Å²) in [5.41, 5.74) is 5.18. The van der Waals surface area contributed by atoms with E-state index in [1.54, 1.807) is 0 Å². The number of ether oxygens (including phenoxy) is 2. The summed E-state index contributed by atoms with van der Waals surface area (Å²) >= 11 is 0. The molecule has 0 heterocycles. The monoisotopic (exact) mass is 235 g/mol. The number of hydrogen-bond donors (Lipinski definition) is 1. The molecule has 2 N–H and O–H groups in total. The highest BCUT2D eigenvalue weighted by Crippen LogP contribution is 2.27. The second-order valence-electron chi connectivity index (χ2n) is 3.14. The van der Waals surface area contributed by atoms with E-state index in [0.717, 1.165) is 12.1 Å². The molecule has 1 rings (SSSR count). The van der Waals surface area contributed by atoms with Gasteiger partial charge >= 0.3 is 6.11 Å². The molecule has 0 unspecified atom stereocenters. The Bertz CT molecular complexity index is 352. The van der Waals surface area contributed by atoms with Crippen molar-refractivity contribution < 1.29 is 22.6 Å². The van der Waals surface area contributed by atoms with Crippen molar-refractivity contribution in [3.63, 3.8) is 0 Å². The van der Waals surface area contributed by atoms with E-state index in [1.807, 2.05) is 0 Å². The minimum atomic E-state index is -3.42. The van der Waals surface area contributed by atoms with Gasteiger partial charge in [0.05, 0.1) is 0 Å². The summed E-state index contributed by atoms with van der Waals surface area (Å²) in [6.45, 7) is 1.04. The summed E-state index contributed by atoms with van der Waals surface area (Å²) in [6, 6.07) is 3.38. The molecule has 0 spiro atoms. The lowest BCUT2D eigenvalue weighted by Gasteiger charge is -2.14. The first-order valence-corrected chi connectivity index (χ1v) is 4.61. The fourth-order valence-electron chi connectivity index (χ4n) is 1.02. The van der Waals surface area contributed by atoms with Gasteiger partial charge in [0, 0.05) is 19.5 Å². The minimum absolute atomic E-state index is 0.217. The van der Waals surface area contributed by atoms with E-state index in [1.165, 1.54) is 6.07 Å². The molecule has 16 heavy (non-hydrogen) atoms. The second-order valence-corrected chi connectivity index (χ2v) is 3.14. The molecule has 0 aliphatic carbocycles. The Hall–Kier alpha value is -1.43. The van der Waals surface area contributed by atoms with Crippen molar-refractivity contribution in [3.8, 4) is 11.5 Å². The van der Waals surface area contributed by atoms with Crippen LogP contribution in [0, 0.1) is 5.82 Å². The van der Waals surface area contributed by atoms with E-state index in [4.69, 9.17) is 10.5 Å². The molecule has 3 nitrogen and oxygen atoms in total. The quantitative estimate of drug-likeness (QED) is 0.850. The number of hydrogen-bond acceptors (Lipinski definition) is 3. The maximum atomic E-state index is 13.2. The highest BCUT2D eigenvalue weighted by molar-refractivity contribution is 5.33. The molecule has 90 valence electrons. The zero-order chi connectivity index (χ0) is 12.2. The number of nitrogens with two attached hydrogens (primary N) is 1. The smallest absolute Gasteiger partial charge is 0.395 e. The van der Waals surface area contributed by atoms with Crippen molar-refractivity contribution in [1.29, 1.82) is 0 Å². The standard InChI is InChI=1S/C10H12F3NO2/c1-10(12,13)16-9-3-2-7(6-8(9)11)15-5-4-14/h2-3,6H,4-5,14H2,1H3. The highest BCUT2D eigenvalue weighted by atomic mass is 19.3. The van der Waals surface area contributed by atoms with Crippen LogP contribution in [-0.4, -0.2) is 19.3 Å². The first-order chi connectivity index (χ1) is 7.42. The molecule has 1 aromatic rings. The van der Waals surface area contributed by atoms with Gasteiger partial charge in [0.2, 0.25) is 0 Å². The summed E-state index contributed by atoms with van der Waals surface area (Å²) in [5, 5.41) is 0. The predicted octanol–water partition coefficient (Wildman–Crippen LogP) is 2.15. The maximum Gasteiger partial charge on any atom is 0.395 e. The van der Waals surface area contributed by atoms with Crippen molar-refractivity contribution in [2.45, 2.75) is 13.0 Å². The third kappa shape index (κ3) is 3.98. The van der Waals surface area contributed by atoms with Crippen molar-refractivity contribution in [2.75, 3.05) is 13.2 Å². The van der Waals surface area contributed by atoms with Crippen molar-refractivity contribution in [3.05, 3.63) is 24.0 Å². The molecule has 0 bridgehead atoms. The van der Waals surface area contributed by atoms with Crippen LogP contribution in [-0.2, 0) is 0 Å². The molecule has 0 atom stereocenters. The molecular formula is C10H12F3NO2. The highest BCUT2D eigenvalue weighted by Gasteiger charge is 2.24. The predicted molar refractivity (Wildman–Crippen MR) is 52.2 cm³/mol. The van der Waals surface area contributed by atoms with Gasteiger partial charge in [0.1, 0.15) is 12.4 Å². The lowest BCUT2D eigenvalue weighted by atomic mass is 10.3. The average molecular weight is 235 g/mol. The first-order valence-electron chi connectivity index (χ1n) is 4.61. The van der Waals surface area contributed by atoms with E-state index >= 15 is 0 Å². The first kappa shape index (κ1) is 12.6. The molecule has 0 fully saturated rings. The van der Waals surface area contributed by atoms with Crippen LogP contribution in [0.3, 0.4) is 0 Å². The Morgan fingerprint density at radius 1 is 1.38 bits per heavy atom. The molecule has 6 heteroatoms. The van der Waals surface area contributed by atoms with Crippen LogP contribution < -0.4 is 15.2 Å². The molecule has 0 aliphatic rings. The molecule has 0 aliphatic heterocycles. The third-order valence-electron chi connectivity index (χ3n) is 1.58. The van der Waals surface area contributed by atoms with Crippen molar-refractivity contribution in [1.82, 2.24) is 0 Å². The molecule has 0 aromatic heterocycles. The Labute approximate surface area is 91.0 Å². The number of rotatable bonds is 5. The minimum Gasteiger partial charge on any atom is -0.492 e.